The van der Waals surface area contributed by atoms with Crippen molar-refractivity contribution >= 4 is 23.6 Å². The summed E-state index contributed by atoms with van der Waals surface area (Å²) in [5, 5.41) is 15.2. The minimum atomic E-state index is -1.68. The average molecular weight is 470 g/mol. The number of Topliss-reactive ketones (excluding diaryl/α,β-unsaturated/α-hetero) is 1. The molecule has 1 aliphatic rings. The second kappa shape index (κ2) is 13.0. The van der Waals surface area contributed by atoms with E-state index >= 15 is 0 Å². The van der Waals surface area contributed by atoms with Crippen LogP contribution in [0.4, 0.5) is 0 Å². The van der Waals surface area contributed by atoms with Gasteiger partial charge in [-0.3, -0.25) is 24.5 Å². The number of rotatable bonds is 13. The van der Waals surface area contributed by atoms with Gasteiger partial charge in [-0.15, -0.1) is 0 Å². The topological polar surface area (TPSA) is 148 Å². The summed E-state index contributed by atoms with van der Waals surface area (Å²) in [5.41, 5.74) is 4.21. The number of ketones is 1. The summed E-state index contributed by atoms with van der Waals surface area (Å²) in [6.45, 7) is 8.23. The predicted octanol–water partition coefficient (Wildman–Crippen LogP) is 2.16. The van der Waals surface area contributed by atoms with Crippen molar-refractivity contribution in [1.29, 1.82) is 0 Å². The van der Waals surface area contributed by atoms with Gasteiger partial charge >= 0.3 is 11.9 Å². The second-order valence-electron chi connectivity index (χ2n) is 10.3. The summed E-state index contributed by atoms with van der Waals surface area (Å²) in [7, 11) is 1.31. The Kier molecular flexibility index (Phi) is 11.5. The molecule has 0 radical (unpaired) electrons. The van der Waals surface area contributed by atoms with Crippen molar-refractivity contribution in [1.82, 2.24) is 10.6 Å². The smallest absolute Gasteiger partial charge is 0.307 e. The molecule has 0 aromatic heterocycles. The number of hydrogen-bond donors (Lipinski definition) is 4. The van der Waals surface area contributed by atoms with Gasteiger partial charge in [0.1, 0.15) is 0 Å². The van der Waals surface area contributed by atoms with Gasteiger partial charge < -0.3 is 20.9 Å². The van der Waals surface area contributed by atoms with E-state index in [1.807, 2.05) is 0 Å². The van der Waals surface area contributed by atoms with Gasteiger partial charge in [-0.05, 0) is 43.6 Å². The van der Waals surface area contributed by atoms with E-state index in [0.29, 0.717) is 13.0 Å². The first-order valence-electron chi connectivity index (χ1n) is 12.0. The molecule has 9 nitrogen and oxygen atoms in total. The highest BCUT2D eigenvalue weighted by molar-refractivity contribution is 6.13. The number of carbonyl (C=O) groups excluding carboxylic acids is 3. The van der Waals surface area contributed by atoms with E-state index in [2.05, 4.69) is 31.4 Å². The number of amides is 1. The fourth-order valence-corrected chi connectivity index (χ4v) is 4.41. The Hall–Kier alpha value is -2.00. The molecule has 0 aromatic rings. The van der Waals surface area contributed by atoms with E-state index in [1.54, 1.807) is 6.92 Å². The van der Waals surface area contributed by atoms with Crippen molar-refractivity contribution in [3.8, 4) is 0 Å². The molecule has 0 saturated heterocycles. The predicted molar refractivity (Wildman–Crippen MR) is 125 cm³/mol. The number of methoxy groups -OCH3 is 1. The number of hydrogen-bond acceptors (Lipinski definition) is 7. The van der Waals surface area contributed by atoms with Gasteiger partial charge in [-0.1, -0.05) is 47.0 Å². The number of carbonyl (C=O) groups is 4. The number of carboxylic acid groups (broad SMARTS) is 1. The summed E-state index contributed by atoms with van der Waals surface area (Å²) in [4.78, 5) is 50.3. The molecule has 0 heterocycles. The molecule has 190 valence electrons. The highest BCUT2D eigenvalue weighted by Gasteiger charge is 2.47. The molecule has 9 heteroatoms. The molecule has 1 rings (SSSR count). The maximum absolute atomic E-state index is 13.7. The Bertz CT molecular complexity index is 684. The fraction of sp³-hybridized carbons (Fsp3) is 0.833. The zero-order valence-corrected chi connectivity index (χ0v) is 20.9. The lowest BCUT2D eigenvalue weighted by Gasteiger charge is -2.37. The molecule has 0 aliphatic heterocycles. The van der Waals surface area contributed by atoms with Crippen molar-refractivity contribution in [3.05, 3.63) is 0 Å². The molecule has 1 fully saturated rings. The van der Waals surface area contributed by atoms with E-state index in [4.69, 9.17) is 15.6 Å². The average Bonchev–Trinajstić information content (AvgIpc) is 2.75. The van der Waals surface area contributed by atoms with E-state index in [1.165, 1.54) is 7.11 Å². The molecule has 5 N–H and O–H groups in total. The Morgan fingerprint density at radius 2 is 1.70 bits per heavy atom. The van der Waals surface area contributed by atoms with E-state index in [0.717, 1.165) is 32.1 Å². The molecule has 0 aromatic carbocycles. The van der Waals surface area contributed by atoms with Gasteiger partial charge in [0.15, 0.2) is 11.3 Å². The van der Waals surface area contributed by atoms with Crippen LogP contribution in [0.15, 0.2) is 0 Å². The number of carboxylic acids is 1. The SMILES string of the molecule is CCC(NCCC(C)(C)C)(C(=O)NC(CC(=O)OC)C1CCCCC1)C(=O)[C@@H](N)CC(=O)O. The minimum Gasteiger partial charge on any atom is -0.481 e. The summed E-state index contributed by atoms with van der Waals surface area (Å²) in [6.07, 6.45) is 5.16. The lowest BCUT2D eigenvalue weighted by molar-refractivity contribution is -0.145. The number of nitrogens with one attached hydrogen (secondary N) is 2. The molecule has 0 bridgehead atoms. The van der Waals surface area contributed by atoms with Crippen LogP contribution in [0.1, 0.15) is 85.5 Å². The molecule has 1 saturated carbocycles. The van der Waals surface area contributed by atoms with Crippen LogP contribution in [-0.4, -0.2) is 60.0 Å². The minimum absolute atomic E-state index is 0.0179. The lowest BCUT2D eigenvalue weighted by Crippen LogP contribution is -2.67. The van der Waals surface area contributed by atoms with Gasteiger partial charge in [0, 0.05) is 6.04 Å². The summed E-state index contributed by atoms with van der Waals surface area (Å²) < 4.78 is 4.84. The van der Waals surface area contributed by atoms with Crippen molar-refractivity contribution in [2.45, 2.75) is 103 Å². The third-order valence-corrected chi connectivity index (χ3v) is 6.52. The standard InChI is InChI=1S/C24H43N3O6/c1-6-24(26-13-12-23(2,3)4,21(31)17(25)14-19(28)29)22(32)27-18(15-20(30)33-5)16-10-8-7-9-11-16/h16-18,26H,6-15,25H2,1-5H3,(H,27,32)(H,28,29)/t17-,18?,24?/m0/s1. The Balaban J connectivity index is 3.22. The molecule has 33 heavy (non-hydrogen) atoms. The van der Waals surface area contributed by atoms with Gasteiger partial charge in [0.25, 0.3) is 0 Å². The fourth-order valence-electron chi connectivity index (χ4n) is 4.41. The molecule has 2 unspecified atom stereocenters. The monoisotopic (exact) mass is 469 g/mol. The third kappa shape index (κ3) is 9.04. The number of esters is 1. The van der Waals surface area contributed by atoms with Crippen LogP contribution in [0.25, 0.3) is 0 Å². The zero-order chi connectivity index (χ0) is 25.2. The highest BCUT2D eigenvalue weighted by atomic mass is 16.5. The summed E-state index contributed by atoms with van der Waals surface area (Å²) in [5.74, 6) is -2.75. The van der Waals surface area contributed by atoms with E-state index in [-0.39, 0.29) is 24.2 Å². The molecular weight excluding hydrogens is 426 g/mol. The van der Waals surface area contributed by atoms with Gasteiger partial charge in [0.05, 0.1) is 26.0 Å². The van der Waals surface area contributed by atoms with Crippen LogP contribution in [0.2, 0.25) is 0 Å². The zero-order valence-electron chi connectivity index (χ0n) is 20.9. The molecule has 0 spiro atoms. The Morgan fingerprint density at radius 1 is 1.09 bits per heavy atom. The lowest BCUT2D eigenvalue weighted by atomic mass is 9.80. The van der Waals surface area contributed by atoms with Crippen LogP contribution in [0.5, 0.6) is 0 Å². The molecular formula is C24H43N3O6. The van der Waals surface area contributed by atoms with Crippen LogP contribution < -0.4 is 16.4 Å². The molecule has 1 aliphatic carbocycles. The van der Waals surface area contributed by atoms with Gasteiger partial charge in [-0.25, -0.2) is 0 Å². The van der Waals surface area contributed by atoms with Gasteiger partial charge in [0.2, 0.25) is 5.91 Å². The first-order chi connectivity index (χ1) is 15.4. The van der Waals surface area contributed by atoms with Crippen molar-refractivity contribution in [3.63, 3.8) is 0 Å². The number of aliphatic carboxylic acids is 1. The van der Waals surface area contributed by atoms with Gasteiger partial charge in [-0.2, -0.15) is 0 Å². The Morgan fingerprint density at radius 3 is 2.18 bits per heavy atom. The van der Waals surface area contributed by atoms with Crippen LogP contribution in [0, 0.1) is 11.3 Å². The molecule has 1 amide bonds. The third-order valence-electron chi connectivity index (χ3n) is 6.52. The summed E-state index contributed by atoms with van der Waals surface area (Å²) in [6, 6.07) is -1.80. The second-order valence-corrected chi connectivity index (χ2v) is 10.3. The molecule has 3 atom stereocenters. The number of nitrogens with two attached hydrogens (primary N) is 1. The van der Waals surface area contributed by atoms with E-state index in [9.17, 15) is 19.2 Å². The summed E-state index contributed by atoms with van der Waals surface area (Å²) >= 11 is 0. The largest absolute Gasteiger partial charge is 0.481 e. The maximum Gasteiger partial charge on any atom is 0.307 e. The van der Waals surface area contributed by atoms with Crippen LogP contribution >= 0.6 is 0 Å². The van der Waals surface area contributed by atoms with E-state index < -0.39 is 47.7 Å². The van der Waals surface area contributed by atoms with Crippen molar-refractivity contribution < 1.29 is 29.0 Å². The number of ether oxygens (including phenoxy) is 1. The highest BCUT2D eigenvalue weighted by Crippen LogP contribution is 2.29. The normalized spacial score (nSPS) is 18.6. The van der Waals surface area contributed by atoms with Crippen LogP contribution in [-0.2, 0) is 23.9 Å². The quantitative estimate of drug-likeness (QED) is 0.237. The maximum atomic E-state index is 13.7. The van der Waals surface area contributed by atoms with Crippen molar-refractivity contribution in [2.75, 3.05) is 13.7 Å². The first-order valence-corrected chi connectivity index (χ1v) is 12.0. The van der Waals surface area contributed by atoms with Crippen LogP contribution in [0.3, 0.4) is 0 Å². The van der Waals surface area contributed by atoms with Crippen molar-refractivity contribution in [2.24, 2.45) is 17.1 Å². The first kappa shape index (κ1) is 29.0. The Labute approximate surface area is 197 Å².